The van der Waals surface area contributed by atoms with Crippen molar-refractivity contribution in [3.63, 3.8) is 0 Å². The van der Waals surface area contributed by atoms with Gasteiger partial charge in [0.15, 0.2) is 0 Å². The third kappa shape index (κ3) is 2.56. The third-order valence-electron chi connectivity index (χ3n) is 3.94. The molecule has 0 amide bonds. The van der Waals surface area contributed by atoms with Crippen molar-refractivity contribution in [2.45, 2.75) is 38.1 Å². The minimum atomic E-state index is 0.627. The fraction of sp³-hybridized carbons (Fsp3) is 0.412. The molecule has 2 aromatic rings. The van der Waals surface area contributed by atoms with Gasteiger partial charge in [0.2, 0.25) is 0 Å². The highest BCUT2D eigenvalue weighted by Gasteiger charge is 2.20. The molecule has 94 valence electrons. The van der Waals surface area contributed by atoms with E-state index in [1.165, 1.54) is 35.6 Å². The smallest absolute Gasteiger partial charge is 0.00682 e. The van der Waals surface area contributed by atoms with Crippen LogP contribution in [0.15, 0.2) is 42.5 Å². The zero-order valence-electron chi connectivity index (χ0n) is 11.0. The minimum Gasteiger partial charge on any atom is -0.314 e. The van der Waals surface area contributed by atoms with E-state index in [2.05, 4.69) is 54.7 Å². The van der Waals surface area contributed by atoms with Crippen LogP contribution in [0.25, 0.3) is 10.8 Å². The Morgan fingerprint density at radius 2 is 1.89 bits per heavy atom. The second-order valence-corrected chi connectivity index (χ2v) is 5.49. The van der Waals surface area contributed by atoms with Gasteiger partial charge in [-0.2, -0.15) is 0 Å². The summed E-state index contributed by atoms with van der Waals surface area (Å²) in [6.07, 6.45) is 3.98. The van der Waals surface area contributed by atoms with E-state index in [-0.39, 0.29) is 0 Å². The molecule has 1 nitrogen and oxygen atoms in total. The van der Waals surface area contributed by atoms with Crippen molar-refractivity contribution in [3.8, 4) is 0 Å². The molecule has 1 saturated carbocycles. The van der Waals surface area contributed by atoms with Gasteiger partial charge in [0.25, 0.3) is 0 Å². The Balaban J connectivity index is 1.75. The van der Waals surface area contributed by atoms with Crippen molar-refractivity contribution < 1.29 is 0 Å². The Morgan fingerprint density at radius 3 is 2.72 bits per heavy atom. The molecule has 3 rings (SSSR count). The molecule has 0 bridgehead atoms. The van der Waals surface area contributed by atoms with Crippen LogP contribution in [-0.2, 0) is 0 Å². The highest BCUT2D eigenvalue weighted by Crippen LogP contribution is 2.27. The molecule has 0 spiro atoms. The second-order valence-electron chi connectivity index (χ2n) is 5.49. The van der Waals surface area contributed by atoms with E-state index in [1.54, 1.807) is 0 Å². The maximum atomic E-state index is 3.61. The fourth-order valence-electron chi connectivity index (χ4n) is 2.63. The van der Waals surface area contributed by atoms with Crippen LogP contribution in [0.2, 0.25) is 0 Å². The highest BCUT2D eigenvalue weighted by atomic mass is 14.9. The van der Waals surface area contributed by atoms with E-state index in [1.807, 2.05) is 0 Å². The van der Waals surface area contributed by atoms with E-state index >= 15 is 0 Å². The molecule has 1 unspecified atom stereocenters. The van der Waals surface area contributed by atoms with Crippen molar-refractivity contribution in [2.24, 2.45) is 0 Å². The van der Waals surface area contributed by atoms with Gasteiger partial charge < -0.3 is 5.32 Å². The number of rotatable bonds is 5. The standard InChI is InChI=1S/C17H21N/c1-13(11-12-18-15-9-10-15)16-8-4-6-14-5-2-3-7-17(14)16/h2-8,13,15,18H,9-12H2,1H3. The van der Waals surface area contributed by atoms with Gasteiger partial charge in [-0.05, 0) is 48.1 Å². The van der Waals surface area contributed by atoms with Gasteiger partial charge in [0.1, 0.15) is 0 Å². The number of hydrogen-bond donors (Lipinski definition) is 1. The summed E-state index contributed by atoms with van der Waals surface area (Å²) in [4.78, 5) is 0. The summed E-state index contributed by atoms with van der Waals surface area (Å²) >= 11 is 0. The van der Waals surface area contributed by atoms with Gasteiger partial charge in [-0.3, -0.25) is 0 Å². The first kappa shape index (κ1) is 11.7. The second kappa shape index (κ2) is 5.11. The van der Waals surface area contributed by atoms with E-state index in [0.29, 0.717) is 5.92 Å². The summed E-state index contributed by atoms with van der Waals surface area (Å²) < 4.78 is 0. The van der Waals surface area contributed by atoms with Gasteiger partial charge in [-0.15, -0.1) is 0 Å². The van der Waals surface area contributed by atoms with Gasteiger partial charge in [-0.25, -0.2) is 0 Å². The topological polar surface area (TPSA) is 12.0 Å². The summed E-state index contributed by atoms with van der Waals surface area (Å²) in [6, 6.07) is 16.2. The van der Waals surface area contributed by atoms with E-state index < -0.39 is 0 Å². The third-order valence-corrected chi connectivity index (χ3v) is 3.94. The molecule has 1 atom stereocenters. The predicted molar refractivity (Wildman–Crippen MR) is 78.0 cm³/mol. The summed E-state index contributed by atoms with van der Waals surface area (Å²) in [6.45, 7) is 3.49. The highest BCUT2D eigenvalue weighted by molar-refractivity contribution is 5.86. The van der Waals surface area contributed by atoms with E-state index in [0.717, 1.165) is 12.6 Å². The molecule has 0 heterocycles. The molecule has 1 aliphatic rings. The summed E-state index contributed by atoms with van der Waals surface area (Å²) in [5.74, 6) is 0.627. The molecule has 1 fully saturated rings. The average molecular weight is 239 g/mol. The lowest BCUT2D eigenvalue weighted by Gasteiger charge is -2.15. The summed E-state index contributed by atoms with van der Waals surface area (Å²) in [7, 11) is 0. The van der Waals surface area contributed by atoms with Crippen molar-refractivity contribution in [3.05, 3.63) is 48.0 Å². The minimum absolute atomic E-state index is 0.627. The predicted octanol–water partition coefficient (Wildman–Crippen LogP) is 4.09. The lowest BCUT2D eigenvalue weighted by molar-refractivity contribution is 0.594. The summed E-state index contributed by atoms with van der Waals surface area (Å²) in [5.41, 5.74) is 1.49. The van der Waals surface area contributed by atoms with Crippen LogP contribution in [0.1, 0.15) is 37.7 Å². The number of nitrogens with one attached hydrogen (secondary N) is 1. The molecule has 0 saturated heterocycles. The molecule has 0 aliphatic heterocycles. The first-order chi connectivity index (χ1) is 8.84. The van der Waals surface area contributed by atoms with Gasteiger partial charge in [0.05, 0.1) is 0 Å². The fourth-order valence-corrected chi connectivity index (χ4v) is 2.63. The number of benzene rings is 2. The van der Waals surface area contributed by atoms with Crippen LogP contribution in [0.4, 0.5) is 0 Å². The molecule has 2 aromatic carbocycles. The van der Waals surface area contributed by atoms with Crippen molar-refractivity contribution in [1.82, 2.24) is 5.32 Å². The SMILES string of the molecule is CC(CCNC1CC1)c1cccc2ccccc12. The van der Waals surface area contributed by atoms with Gasteiger partial charge >= 0.3 is 0 Å². The van der Waals surface area contributed by atoms with Gasteiger partial charge in [-0.1, -0.05) is 49.4 Å². The Hall–Kier alpha value is -1.34. The van der Waals surface area contributed by atoms with E-state index in [4.69, 9.17) is 0 Å². The molecule has 0 radical (unpaired) electrons. The van der Waals surface area contributed by atoms with Crippen LogP contribution < -0.4 is 5.32 Å². The maximum Gasteiger partial charge on any atom is 0.00682 e. The Morgan fingerprint density at radius 1 is 1.11 bits per heavy atom. The molecular formula is C17H21N. The largest absolute Gasteiger partial charge is 0.314 e. The molecule has 1 heteroatoms. The number of hydrogen-bond acceptors (Lipinski definition) is 1. The Labute approximate surface area is 109 Å². The van der Waals surface area contributed by atoms with Gasteiger partial charge in [0, 0.05) is 6.04 Å². The number of fused-ring (bicyclic) bond motifs is 1. The zero-order valence-corrected chi connectivity index (χ0v) is 11.0. The molecular weight excluding hydrogens is 218 g/mol. The summed E-state index contributed by atoms with van der Waals surface area (Å²) in [5, 5.41) is 6.38. The average Bonchev–Trinajstić information content (AvgIpc) is 3.22. The van der Waals surface area contributed by atoms with Crippen molar-refractivity contribution >= 4 is 10.8 Å². The normalized spacial score (nSPS) is 16.9. The van der Waals surface area contributed by atoms with Crippen LogP contribution >= 0.6 is 0 Å². The molecule has 18 heavy (non-hydrogen) atoms. The van der Waals surface area contributed by atoms with Crippen LogP contribution in [0.5, 0.6) is 0 Å². The quantitative estimate of drug-likeness (QED) is 0.828. The molecule has 1 N–H and O–H groups in total. The molecule has 1 aliphatic carbocycles. The van der Waals surface area contributed by atoms with Crippen LogP contribution in [0.3, 0.4) is 0 Å². The monoisotopic (exact) mass is 239 g/mol. The van der Waals surface area contributed by atoms with E-state index in [9.17, 15) is 0 Å². The van der Waals surface area contributed by atoms with Crippen LogP contribution in [0, 0.1) is 0 Å². The van der Waals surface area contributed by atoms with Crippen LogP contribution in [-0.4, -0.2) is 12.6 Å². The first-order valence-corrected chi connectivity index (χ1v) is 7.05. The van der Waals surface area contributed by atoms with Crippen molar-refractivity contribution in [1.29, 1.82) is 0 Å². The van der Waals surface area contributed by atoms with Crippen molar-refractivity contribution in [2.75, 3.05) is 6.54 Å². The Kier molecular flexibility index (Phi) is 3.33. The lowest BCUT2D eigenvalue weighted by Crippen LogP contribution is -2.19. The molecule has 0 aromatic heterocycles. The maximum absolute atomic E-state index is 3.61. The first-order valence-electron chi connectivity index (χ1n) is 7.05. The Bertz CT molecular complexity index is 523. The lowest BCUT2D eigenvalue weighted by atomic mass is 9.92. The zero-order chi connectivity index (χ0) is 12.4.